The van der Waals surface area contributed by atoms with Gasteiger partial charge in [0.2, 0.25) is 0 Å². The van der Waals surface area contributed by atoms with Crippen molar-refractivity contribution in [2.24, 2.45) is 5.92 Å². The second-order valence-corrected chi connectivity index (χ2v) is 4.22. The summed E-state index contributed by atoms with van der Waals surface area (Å²) in [6, 6.07) is 11.2. The molecule has 0 radical (unpaired) electrons. The summed E-state index contributed by atoms with van der Waals surface area (Å²) in [4.78, 5) is 0. The van der Waals surface area contributed by atoms with Gasteiger partial charge in [0.25, 0.3) is 0 Å². The number of nitrogens with one attached hydrogen (secondary N) is 1. The van der Waals surface area contributed by atoms with Crippen molar-refractivity contribution in [2.75, 3.05) is 6.54 Å². The first-order chi connectivity index (χ1) is 6.70. The van der Waals surface area contributed by atoms with Crippen LogP contribution in [-0.4, -0.2) is 12.6 Å². The van der Waals surface area contributed by atoms with Gasteiger partial charge in [0.05, 0.1) is 0 Å². The van der Waals surface area contributed by atoms with Gasteiger partial charge in [0, 0.05) is 6.04 Å². The van der Waals surface area contributed by atoms with Crippen molar-refractivity contribution in [1.82, 2.24) is 5.32 Å². The molecule has 1 rings (SSSR count). The van der Waals surface area contributed by atoms with Crippen LogP contribution in [0.1, 0.15) is 26.3 Å². The van der Waals surface area contributed by atoms with Crippen LogP contribution in [-0.2, 0) is 6.42 Å². The van der Waals surface area contributed by atoms with Crippen molar-refractivity contribution in [3.63, 3.8) is 0 Å². The van der Waals surface area contributed by atoms with Crippen LogP contribution in [0.2, 0.25) is 0 Å². The van der Waals surface area contributed by atoms with Gasteiger partial charge in [-0.05, 0) is 31.4 Å². The van der Waals surface area contributed by atoms with E-state index in [1.807, 2.05) is 0 Å². The van der Waals surface area contributed by atoms with E-state index in [4.69, 9.17) is 0 Å². The molecule has 0 saturated carbocycles. The molecule has 1 nitrogen and oxygen atoms in total. The molecule has 78 valence electrons. The van der Waals surface area contributed by atoms with Crippen LogP contribution in [0.25, 0.3) is 0 Å². The molecule has 0 aliphatic carbocycles. The van der Waals surface area contributed by atoms with Gasteiger partial charge in [0.15, 0.2) is 0 Å². The molecule has 0 aliphatic rings. The quantitative estimate of drug-likeness (QED) is 0.754. The zero-order valence-corrected chi connectivity index (χ0v) is 9.46. The summed E-state index contributed by atoms with van der Waals surface area (Å²) in [6.45, 7) is 7.82. The molecule has 0 fully saturated rings. The number of rotatable bonds is 5. The maximum Gasteiger partial charge on any atom is 0.00618 e. The zero-order chi connectivity index (χ0) is 10.4. The second-order valence-electron chi connectivity index (χ2n) is 4.22. The van der Waals surface area contributed by atoms with E-state index in [0.29, 0.717) is 12.0 Å². The van der Waals surface area contributed by atoms with E-state index in [1.165, 1.54) is 5.56 Å². The summed E-state index contributed by atoms with van der Waals surface area (Å²) in [6.07, 6.45) is 1.12. The lowest BCUT2D eigenvalue weighted by Crippen LogP contribution is -2.32. The van der Waals surface area contributed by atoms with Gasteiger partial charge in [-0.15, -0.1) is 0 Å². The largest absolute Gasteiger partial charge is 0.314 e. The molecule has 1 aromatic carbocycles. The average molecular weight is 191 g/mol. The topological polar surface area (TPSA) is 12.0 Å². The van der Waals surface area contributed by atoms with Crippen molar-refractivity contribution in [1.29, 1.82) is 0 Å². The summed E-state index contributed by atoms with van der Waals surface area (Å²) in [5.41, 5.74) is 1.41. The fourth-order valence-electron chi connectivity index (χ4n) is 1.32. The Morgan fingerprint density at radius 3 is 2.29 bits per heavy atom. The predicted molar refractivity (Wildman–Crippen MR) is 62.4 cm³/mol. The first kappa shape index (κ1) is 11.3. The highest BCUT2D eigenvalue weighted by molar-refractivity contribution is 5.14. The molecule has 0 amide bonds. The maximum atomic E-state index is 3.53. The van der Waals surface area contributed by atoms with E-state index in [0.717, 1.165) is 13.0 Å². The molecule has 1 atom stereocenters. The highest BCUT2D eigenvalue weighted by atomic mass is 14.9. The van der Waals surface area contributed by atoms with Gasteiger partial charge >= 0.3 is 0 Å². The fraction of sp³-hybridized carbons (Fsp3) is 0.538. The van der Waals surface area contributed by atoms with Gasteiger partial charge in [0.1, 0.15) is 0 Å². The molecule has 0 saturated heterocycles. The highest BCUT2D eigenvalue weighted by Crippen LogP contribution is 2.01. The van der Waals surface area contributed by atoms with Gasteiger partial charge in [-0.1, -0.05) is 44.2 Å². The fourth-order valence-corrected chi connectivity index (χ4v) is 1.32. The number of hydrogen-bond donors (Lipinski definition) is 1. The highest BCUT2D eigenvalue weighted by Gasteiger charge is 2.04. The number of benzene rings is 1. The molecule has 0 aliphatic heterocycles. The van der Waals surface area contributed by atoms with E-state index >= 15 is 0 Å². The Labute approximate surface area is 87.5 Å². The Kier molecular flexibility index (Phi) is 4.68. The molecule has 14 heavy (non-hydrogen) atoms. The van der Waals surface area contributed by atoms with Crippen molar-refractivity contribution in [2.45, 2.75) is 33.2 Å². The Balaban J connectivity index is 2.22. The summed E-state index contributed by atoms with van der Waals surface area (Å²) in [5.74, 6) is 0.714. The van der Waals surface area contributed by atoms with E-state index < -0.39 is 0 Å². The van der Waals surface area contributed by atoms with E-state index in [1.54, 1.807) is 0 Å². The van der Waals surface area contributed by atoms with Crippen LogP contribution in [0.5, 0.6) is 0 Å². The molecule has 1 unspecified atom stereocenters. The molecule has 1 N–H and O–H groups in total. The molecule has 1 heteroatoms. The van der Waals surface area contributed by atoms with Crippen LogP contribution in [0.3, 0.4) is 0 Å². The van der Waals surface area contributed by atoms with Crippen molar-refractivity contribution in [3.8, 4) is 0 Å². The summed E-state index contributed by atoms with van der Waals surface area (Å²) in [5, 5.41) is 3.53. The van der Waals surface area contributed by atoms with Crippen LogP contribution in [0, 0.1) is 5.92 Å². The van der Waals surface area contributed by atoms with Crippen molar-refractivity contribution < 1.29 is 0 Å². The Morgan fingerprint density at radius 1 is 1.07 bits per heavy atom. The summed E-state index contributed by atoms with van der Waals surface area (Å²) >= 11 is 0. The van der Waals surface area contributed by atoms with Crippen LogP contribution < -0.4 is 5.32 Å². The minimum atomic E-state index is 0.610. The molecular formula is C13H21N. The minimum absolute atomic E-state index is 0.610. The van der Waals surface area contributed by atoms with E-state index in [-0.39, 0.29) is 0 Å². The standard InChI is InChI=1S/C13H21N/c1-11(2)12(3)14-10-9-13-7-5-4-6-8-13/h4-8,11-12,14H,9-10H2,1-3H3. The van der Waals surface area contributed by atoms with Gasteiger partial charge < -0.3 is 5.32 Å². The smallest absolute Gasteiger partial charge is 0.00618 e. The van der Waals surface area contributed by atoms with Gasteiger partial charge in [-0.3, -0.25) is 0 Å². The zero-order valence-electron chi connectivity index (χ0n) is 9.46. The third kappa shape index (κ3) is 3.93. The SMILES string of the molecule is CC(C)C(C)NCCc1ccccc1. The molecule has 0 aromatic heterocycles. The normalized spacial score (nSPS) is 13.1. The third-order valence-corrected chi connectivity index (χ3v) is 2.72. The van der Waals surface area contributed by atoms with Crippen LogP contribution >= 0.6 is 0 Å². The molecule has 0 bridgehead atoms. The number of hydrogen-bond acceptors (Lipinski definition) is 1. The Morgan fingerprint density at radius 2 is 1.71 bits per heavy atom. The lowest BCUT2D eigenvalue weighted by Gasteiger charge is -2.17. The second kappa shape index (κ2) is 5.82. The Bertz CT molecular complexity index is 241. The third-order valence-electron chi connectivity index (χ3n) is 2.72. The van der Waals surface area contributed by atoms with Crippen LogP contribution in [0.4, 0.5) is 0 Å². The first-order valence-corrected chi connectivity index (χ1v) is 5.47. The maximum absolute atomic E-state index is 3.53. The first-order valence-electron chi connectivity index (χ1n) is 5.47. The molecule has 0 spiro atoms. The average Bonchev–Trinajstić information content (AvgIpc) is 2.19. The molecule has 0 heterocycles. The van der Waals surface area contributed by atoms with Gasteiger partial charge in [-0.2, -0.15) is 0 Å². The molecule has 1 aromatic rings. The van der Waals surface area contributed by atoms with E-state index in [9.17, 15) is 0 Å². The van der Waals surface area contributed by atoms with Gasteiger partial charge in [-0.25, -0.2) is 0 Å². The monoisotopic (exact) mass is 191 g/mol. The summed E-state index contributed by atoms with van der Waals surface area (Å²) < 4.78 is 0. The van der Waals surface area contributed by atoms with Crippen molar-refractivity contribution >= 4 is 0 Å². The predicted octanol–water partition coefficient (Wildman–Crippen LogP) is 2.86. The Hall–Kier alpha value is -0.820. The minimum Gasteiger partial charge on any atom is -0.314 e. The van der Waals surface area contributed by atoms with E-state index in [2.05, 4.69) is 56.4 Å². The van der Waals surface area contributed by atoms with Crippen molar-refractivity contribution in [3.05, 3.63) is 35.9 Å². The van der Waals surface area contributed by atoms with Crippen LogP contribution in [0.15, 0.2) is 30.3 Å². The molecular weight excluding hydrogens is 170 g/mol. The lowest BCUT2D eigenvalue weighted by molar-refractivity contribution is 0.430. The summed E-state index contributed by atoms with van der Waals surface area (Å²) in [7, 11) is 0. The lowest BCUT2D eigenvalue weighted by atomic mass is 10.1.